The molecule has 0 aliphatic carbocycles. The maximum absolute atomic E-state index is 13.0. The van der Waals surface area contributed by atoms with Crippen molar-refractivity contribution in [2.45, 2.75) is 6.04 Å². The van der Waals surface area contributed by atoms with Crippen LogP contribution in [-0.4, -0.2) is 16.8 Å². The smallest absolute Gasteiger partial charge is 0.300 e. The van der Waals surface area contributed by atoms with Gasteiger partial charge < -0.3 is 5.11 Å². The van der Waals surface area contributed by atoms with Crippen molar-refractivity contribution < 1.29 is 14.7 Å². The van der Waals surface area contributed by atoms with Crippen molar-refractivity contribution in [2.24, 2.45) is 0 Å². The number of hydrogen-bond acceptors (Lipinski definition) is 3. The molecule has 3 aromatic carbocycles. The summed E-state index contributed by atoms with van der Waals surface area (Å²) >= 11 is 15.4. The van der Waals surface area contributed by atoms with Crippen LogP contribution in [-0.2, 0) is 9.59 Å². The Bertz CT molecular complexity index is 1180. The van der Waals surface area contributed by atoms with Crippen molar-refractivity contribution in [1.82, 2.24) is 0 Å². The van der Waals surface area contributed by atoms with E-state index < -0.39 is 17.7 Å². The number of ketones is 1. The number of amides is 1. The molecule has 1 aliphatic heterocycles. The van der Waals surface area contributed by atoms with Gasteiger partial charge in [-0.2, -0.15) is 0 Å². The standard InChI is InChI=1S/C23H14BrCl2NO3/c24-15-7-9-16(10-8-15)27-20(13-4-2-1-3-5-13)19(22(29)23(27)30)21(28)14-6-11-17(25)18(26)12-14/h1-12,20,28H/b21-19-. The number of carbonyl (C=O) groups excluding carboxylic acids is 2. The summed E-state index contributed by atoms with van der Waals surface area (Å²) in [6.45, 7) is 0. The van der Waals surface area contributed by atoms with Crippen LogP contribution in [0.1, 0.15) is 17.2 Å². The van der Waals surface area contributed by atoms with Crippen molar-refractivity contribution in [3.63, 3.8) is 0 Å². The Kier molecular flexibility index (Phi) is 5.69. The third-order valence-corrected chi connectivity index (χ3v) is 6.13. The van der Waals surface area contributed by atoms with E-state index in [0.29, 0.717) is 21.8 Å². The summed E-state index contributed by atoms with van der Waals surface area (Å²) in [4.78, 5) is 27.4. The summed E-state index contributed by atoms with van der Waals surface area (Å²) in [5.74, 6) is -1.79. The molecule has 4 rings (SSSR count). The number of Topliss-reactive ketones (excluding diaryl/α,β-unsaturated/α-hetero) is 1. The molecular weight excluding hydrogens is 489 g/mol. The number of aliphatic hydroxyl groups is 1. The molecule has 0 bridgehead atoms. The predicted molar refractivity (Wildman–Crippen MR) is 122 cm³/mol. The van der Waals surface area contributed by atoms with Gasteiger partial charge in [-0.3, -0.25) is 14.5 Å². The monoisotopic (exact) mass is 501 g/mol. The number of benzene rings is 3. The van der Waals surface area contributed by atoms with Gasteiger partial charge in [0.15, 0.2) is 0 Å². The maximum Gasteiger partial charge on any atom is 0.300 e. The second-order valence-corrected chi connectivity index (χ2v) is 8.42. The van der Waals surface area contributed by atoms with Crippen LogP contribution in [0.25, 0.3) is 5.76 Å². The highest BCUT2D eigenvalue weighted by Gasteiger charge is 2.46. The Hall–Kier alpha value is -2.60. The number of carbonyl (C=O) groups is 2. The van der Waals surface area contributed by atoms with E-state index in [-0.39, 0.29) is 16.4 Å². The van der Waals surface area contributed by atoms with Crippen molar-refractivity contribution in [3.8, 4) is 0 Å². The van der Waals surface area contributed by atoms with Gasteiger partial charge in [-0.15, -0.1) is 0 Å². The van der Waals surface area contributed by atoms with Gasteiger partial charge >= 0.3 is 0 Å². The number of aliphatic hydroxyl groups excluding tert-OH is 1. The Morgan fingerprint density at radius 2 is 1.57 bits per heavy atom. The van der Waals surface area contributed by atoms with Crippen LogP contribution in [0.3, 0.4) is 0 Å². The lowest BCUT2D eigenvalue weighted by molar-refractivity contribution is -0.132. The second kappa shape index (κ2) is 8.26. The fraction of sp³-hybridized carbons (Fsp3) is 0.0435. The zero-order chi connectivity index (χ0) is 21.4. The molecule has 1 N–H and O–H groups in total. The van der Waals surface area contributed by atoms with Gasteiger partial charge in [0.2, 0.25) is 0 Å². The highest BCUT2D eigenvalue weighted by molar-refractivity contribution is 9.10. The molecule has 30 heavy (non-hydrogen) atoms. The van der Waals surface area contributed by atoms with Crippen LogP contribution in [0.2, 0.25) is 10.0 Å². The van der Waals surface area contributed by atoms with Crippen LogP contribution in [0.5, 0.6) is 0 Å². The molecule has 0 aromatic heterocycles. The molecule has 0 spiro atoms. The van der Waals surface area contributed by atoms with Crippen LogP contribution < -0.4 is 4.90 Å². The summed E-state index contributed by atoms with van der Waals surface area (Å²) in [6, 6.07) is 19.9. The Morgan fingerprint density at radius 3 is 2.20 bits per heavy atom. The molecule has 1 amide bonds. The van der Waals surface area contributed by atoms with E-state index >= 15 is 0 Å². The highest BCUT2D eigenvalue weighted by atomic mass is 79.9. The summed E-state index contributed by atoms with van der Waals surface area (Å²) in [5, 5.41) is 11.6. The van der Waals surface area contributed by atoms with E-state index in [0.717, 1.165) is 4.47 Å². The number of rotatable bonds is 3. The molecule has 1 unspecified atom stereocenters. The molecule has 0 radical (unpaired) electrons. The first-order valence-electron chi connectivity index (χ1n) is 8.95. The minimum absolute atomic E-state index is 0.00694. The lowest BCUT2D eigenvalue weighted by Gasteiger charge is -2.25. The van der Waals surface area contributed by atoms with E-state index in [1.807, 2.05) is 30.3 Å². The van der Waals surface area contributed by atoms with E-state index in [2.05, 4.69) is 15.9 Å². The van der Waals surface area contributed by atoms with Crippen molar-refractivity contribution in [2.75, 3.05) is 4.90 Å². The molecule has 1 saturated heterocycles. The maximum atomic E-state index is 13.0. The summed E-state index contributed by atoms with van der Waals surface area (Å²) in [5.41, 5.74) is 1.54. The van der Waals surface area contributed by atoms with Gasteiger partial charge in [-0.25, -0.2) is 0 Å². The number of nitrogens with zero attached hydrogens (tertiary/aromatic N) is 1. The first-order chi connectivity index (χ1) is 14.4. The van der Waals surface area contributed by atoms with Crippen LogP contribution in [0.4, 0.5) is 5.69 Å². The summed E-state index contributed by atoms with van der Waals surface area (Å²) in [7, 11) is 0. The Balaban J connectivity index is 1.94. The van der Waals surface area contributed by atoms with Crippen molar-refractivity contribution in [3.05, 3.63) is 104 Å². The van der Waals surface area contributed by atoms with E-state index in [9.17, 15) is 14.7 Å². The quantitative estimate of drug-likeness (QED) is 0.257. The zero-order valence-electron chi connectivity index (χ0n) is 15.4. The van der Waals surface area contributed by atoms with Gasteiger partial charge in [0.1, 0.15) is 5.76 Å². The molecule has 1 fully saturated rings. The van der Waals surface area contributed by atoms with Crippen LogP contribution >= 0.6 is 39.1 Å². The fourth-order valence-corrected chi connectivity index (χ4v) is 4.01. The lowest BCUT2D eigenvalue weighted by atomic mass is 9.95. The molecular formula is C23H14BrCl2NO3. The largest absolute Gasteiger partial charge is 0.507 e. The minimum Gasteiger partial charge on any atom is -0.507 e. The zero-order valence-corrected chi connectivity index (χ0v) is 18.4. The average molecular weight is 503 g/mol. The molecule has 3 aromatic rings. The van der Waals surface area contributed by atoms with Crippen LogP contribution in [0.15, 0.2) is 82.8 Å². The van der Waals surface area contributed by atoms with E-state index in [1.54, 1.807) is 30.3 Å². The average Bonchev–Trinajstić information content (AvgIpc) is 3.02. The fourth-order valence-electron chi connectivity index (χ4n) is 3.45. The van der Waals surface area contributed by atoms with Gasteiger partial charge in [0, 0.05) is 15.7 Å². The first-order valence-corrected chi connectivity index (χ1v) is 10.5. The minimum atomic E-state index is -0.790. The normalized spacial score (nSPS) is 18.1. The summed E-state index contributed by atoms with van der Waals surface area (Å²) in [6.07, 6.45) is 0. The Morgan fingerprint density at radius 1 is 0.900 bits per heavy atom. The molecule has 1 heterocycles. The SMILES string of the molecule is O=C1C(=O)N(c2ccc(Br)cc2)C(c2ccccc2)/C1=C(/O)c1ccc(Cl)c(Cl)c1. The number of halogens is 3. The number of anilines is 1. The molecule has 1 atom stereocenters. The van der Waals surface area contributed by atoms with Gasteiger partial charge in [-0.05, 0) is 48.0 Å². The van der Waals surface area contributed by atoms with Gasteiger partial charge in [-0.1, -0.05) is 69.5 Å². The predicted octanol–water partition coefficient (Wildman–Crippen LogP) is 6.38. The van der Waals surface area contributed by atoms with Crippen molar-refractivity contribution in [1.29, 1.82) is 0 Å². The topological polar surface area (TPSA) is 57.6 Å². The van der Waals surface area contributed by atoms with Gasteiger partial charge in [0.25, 0.3) is 11.7 Å². The molecule has 1 aliphatic rings. The lowest BCUT2D eigenvalue weighted by Crippen LogP contribution is -2.29. The van der Waals surface area contributed by atoms with Crippen molar-refractivity contribution >= 4 is 62.3 Å². The summed E-state index contributed by atoms with van der Waals surface area (Å²) < 4.78 is 0.843. The molecule has 4 nitrogen and oxygen atoms in total. The number of hydrogen-bond donors (Lipinski definition) is 1. The third kappa shape index (κ3) is 3.65. The highest BCUT2D eigenvalue weighted by Crippen LogP contribution is 2.42. The Labute approximate surface area is 191 Å². The van der Waals surface area contributed by atoms with Gasteiger partial charge in [0.05, 0.1) is 21.7 Å². The second-order valence-electron chi connectivity index (χ2n) is 6.69. The molecule has 0 saturated carbocycles. The van der Waals surface area contributed by atoms with E-state index in [1.165, 1.54) is 17.0 Å². The first kappa shape index (κ1) is 20.7. The van der Waals surface area contributed by atoms with Crippen LogP contribution in [0, 0.1) is 0 Å². The van der Waals surface area contributed by atoms with E-state index in [4.69, 9.17) is 23.2 Å². The third-order valence-electron chi connectivity index (χ3n) is 4.86. The molecule has 7 heteroatoms. The molecule has 150 valence electrons.